The van der Waals surface area contributed by atoms with Crippen LogP contribution in [0.4, 0.5) is 14.3 Å². The van der Waals surface area contributed by atoms with Crippen molar-refractivity contribution in [2.24, 2.45) is 0 Å². The number of thiazole rings is 1. The first-order valence-corrected chi connectivity index (χ1v) is 13.5. The van der Waals surface area contributed by atoms with E-state index in [1.807, 2.05) is 70.9 Å². The summed E-state index contributed by atoms with van der Waals surface area (Å²) in [5.74, 6) is -0.249. The Morgan fingerprint density at radius 2 is 1.61 bits per heavy atom. The van der Waals surface area contributed by atoms with Crippen LogP contribution in [-0.4, -0.2) is 35.0 Å². The highest BCUT2D eigenvalue weighted by molar-refractivity contribution is 7.14. The summed E-state index contributed by atoms with van der Waals surface area (Å²) in [7, 11) is 0. The molecule has 2 heterocycles. The lowest BCUT2D eigenvalue weighted by Crippen LogP contribution is -2.47. The number of likely N-dealkylation sites (tertiary alicyclic amines) is 1. The SMILES string of the molecule is O=C(Nc1nc(-c2ccccc2)cs1)OC1(c2ccccc2)CCN(C(=O)CCc2ccc(F)cc2)CC1. The van der Waals surface area contributed by atoms with Crippen molar-refractivity contribution in [3.63, 3.8) is 0 Å². The van der Waals surface area contributed by atoms with E-state index in [0.717, 1.165) is 22.4 Å². The highest BCUT2D eigenvalue weighted by Crippen LogP contribution is 2.37. The van der Waals surface area contributed by atoms with Crippen molar-refractivity contribution in [2.75, 3.05) is 18.4 Å². The number of hydrogen-bond acceptors (Lipinski definition) is 5. The average molecular weight is 530 g/mol. The molecule has 38 heavy (non-hydrogen) atoms. The van der Waals surface area contributed by atoms with Gasteiger partial charge in [0.25, 0.3) is 0 Å². The number of carbonyl (C=O) groups is 2. The number of nitrogens with zero attached hydrogens (tertiary/aromatic N) is 2. The Kier molecular flexibility index (Phi) is 7.79. The van der Waals surface area contributed by atoms with Gasteiger partial charge in [-0.25, -0.2) is 14.2 Å². The molecule has 4 aromatic rings. The Labute approximate surface area is 225 Å². The van der Waals surface area contributed by atoms with Crippen LogP contribution >= 0.6 is 11.3 Å². The second kappa shape index (κ2) is 11.6. The molecular formula is C30H28FN3O3S. The van der Waals surface area contributed by atoms with Gasteiger partial charge in [-0.1, -0.05) is 72.8 Å². The number of aromatic nitrogens is 1. The van der Waals surface area contributed by atoms with Crippen molar-refractivity contribution in [2.45, 2.75) is 31.3 Å². The van der Waals surface area contributed by atoms with Crippen molar-refractivity contribution in [1.29, 1.82) is 0 Å². The molecule has 5 rings (SSSR count). The molecule has 0 atom stereocenters. The second-order valence-corrected chi connectivity index (χ2v) is 10.1. The monoisotopic (exact) mass is 529 g/mol. The fraction of sp³-hybridized carbons (Fsp3) is 0.233. The van der Waals surface area contributed by atoms with Gasteiger partial charge in [0.15, 0.2) is 5.13 Å². The third-order valence-electron chi connectivity index (χ3n) is 6.84. The van der Waals surface area contributed by atoms with Crippen molar-refractivity contribution >= 4 is 28.5 Å². The summed E-state index contributed by atoms with van der Waals surface area (Å²) in [5.41, 5.74) is 2.74. The average Bonchev–Trinajstić information content (AvgIpc) is 3.42. The smallest absolute Gasteiger partial charge is 0.414 e. The molecule has 1 aliphatic heterocycles. The van der Waals surface area contributed by atoms with E-state index in [0.29, 0.717) is 43.9 Å². The summed E-state index contributed by atoms with van der Waals surface area (Å²) in [5, 5.41) is 5.15. The topological polar surface area (TPSA) is 71.5 Å². The number of hydrogen-bond donors (Lipinski definition) is 1. The van der Waals surface area contributed by atoms with Gasteiger partial charge in [-0.15, -0.1) is 11.3 Å². The normalized spacial score (nSPS) is 14.6. The quantitative estimate of drug-likeness (QED) is 0.291. The molecule has 1 aliphatic rings. The molecule has 1 N–H and O–H groups in total. The van der Waals surface area contributed by atoms with Crippen molar-refractivity contribution in [1.82, 2.24) is 9.88 Å². The minimum absolute atomic E-state index is 0.0386. The molecule has 0 saturated carbocycles. The zero-order chi connectivity index (χ0) is 26.4. The van der Waals surface area contributed by atoms with Crippen LogP contribution in [0.5, 0.6) is 0 Å². The summed E-state index contributed by atoms with van der Waals surface area (Å²) < 4.78 is 19.3. The summed E-state index contributed by atoms with van der Waals surface area (Å²) in [4.78, 5) is 32.3. The number of nitrogens with one attached hydrogen (secondary N) is 1. The number of amides is 2. The zero-order valence-corrected chi connectivity index (χ0v) is 21.6. The summed E-state index contributed by atoms with van der Waals surface area (Å²) in [6, 6.07) is 25.7. The zero-order valence-electron chi connectivity index (χ0n) is 20.8. The van der Waals surface area contributed by atoms with E-state index >= 15 is 0 Å². The van der Waals surface area contributed by atoms with Crippen molar-refractivity contribution in [3.8, 4) is 11.3 Å². The summed E-state index contributed by atoms with van der Waals surface area (Å²) in [6.07, 6.45) is 1.30. The lowest BCUT2D eigenvalue weighted by atomic mass is 9.84. The van der Waals surface area contributed by atoms with E-state index in [1.54, 1.807) is 12.1 Å². The van der Waals surface area contributed by atoms with Gasteiger partial charge < -0.3 is 9.64 Å². The molecule has 8 heteroatoms. The van der Waals surface area contributed by atoms with Gasteiger partial charge in [0, 0.05) is 43.3 Å². The number of carbonyl (C=O) groups excluding carboxylic acids is 2. The Balaban J connectivity index is 1.23. The molecule has 0 aliphatic carbocycles. The first kappa shape index (κ1) is 25.6. The Hall–Kier alpha value is -4.04. The van der Waals surface area contributed by atoms with Crippen LogP contribution in [0.2, 0.25) is 0 Å². The Morgan fingerprint density at radius 1 is 0.947 bits per heavy atom. The van der Waals surface area contributed by atoms with Crippen LogP contribution in [0.15, 0.2) is 90.3 Å². The predicted molar refractivity (Wildman–Crippen MR) is 146 cm³/mol. The van der Waals surface area contributed by atoms with Crippen LogP contribution < -0.4 is 5.32 Å². The van der Waals surface area contributed by atoms with E-state index in [9.17, 15) is 14.0 Å². The fourth-order valence-corrected chi connectivity index (χ4v) is 5.44. The third-order valence-corrected chi connectivity index (χ3v) is 7.59. The molecular weight excluding hydrogens is 501 g/mol. The summed E-state index contributed by atoms with van der Waals surface area (Å²) in [6.45, 7) is 0.944. The number of benzene rings is 3. The first-order valence-electron chi connectivity index (χ1n) is 12.6. The minimum atomic E-state index is -0.849. The highest BCUT2D eigenvalue weighted by atomic mass is 32.1. The van der Waals surface area contributed by atoms with Crippen LogP contribution in [0.3, 0.4) is 0 Å². The standard InChI is InChI=1S/C30H28FN3O3S/c31-25-14-11-22(12-15-25)13-16-27(35)34-19-17-30(18-20-34,24-9-5-2-6-10-24)37-29(36)33-28-32-26(21-38-28)23-7-3-1-4-8-23/h1-12,14-15,21H,13,16-20H2,(H,32,33,36). The van der Waals surface area contributed by atoms with Gasteiger partial charge in [-0.3, -0.25) is 10.1 Å². The van der Waals surface area contributed by atoms with Gasteiger partial charge in [-0.05, 0) is 29.7 Å². The molecule has 194 valence electrons. The second-order valence-electron chi connectivity index (χ2n) is 9.29. The number of aryl methyl sites for hydroxylation is 1. The molecule has 2 amide bonds. The third kappa shape index (κ3) is 6.08. The van der Waals surface area contributed by atoms with Gasteiger partial charge >= 0.3 is 6.09 Å². The number of rotatable bonds is 7. The molecule has 1 fully saturated rings. The molecule has 0 spiro atoms. The number of halogens is 1. The van der Waals surface area contributed by atoms with Crippen molar-refractivity contribution in [3.05, 3.63) is 107 Å². The van der Waals surface area contributed by atoms with Gasteiger partial charge in [0.2, 0.25) is 5.91 Å². The lowest BCUT2D eigenvalue weighted by molar-refractivity contribution is -0.135. The van der Waals surface area contributed by atoms with E-state index in [2.05, 4.69) is 10.3 Å². The van der Waals surface area contributed by atoms with Crippen LogP contribution in [0.25, 0.3) is 11.3 Å². The molecule has 0 bridgehead atoms. The summed E-state index contributed by atoms with van der Waals surface area (Å²) >= 11 is 1.34. The van der Waals surface area contributed by atoms with E-state index in [-0.39, 0.29) is 11.7 Å². The number of ether oxygens (including phenoxy) is 1. The van der Waals surface area contributed by atoms with Gasteiger partial charge in [-0.2, -0.15) is 0 Å². The Bertz CT molecular complexity index is 1370. The van der Waals surface area contributed by atoms with E-state index in [1.165, 1.54) is 23.5 Å². The molecule has 1 saturated heterocycles. The molecule has 1 aromatic heterocycles. The predicted octanol–water partition coefficient (Wildman–Crippen LogP) is 6.65. The largest absolute Gasteiger partial charge is 0.438 e. The molecule has 0 unspecified atom stereocenters. The van der Waals surface area contributed by atoms with Gasteiger partial charge in [0.1, 0.15) is 11.4 Å². The highest BCUT2D eigenvalue weighted by Gasteiger charge is 2.41. The lowest BCUT2D eigenvalue weighted by Gasteiger charge is -2.41. The van der Waals surface area contributed by atoms with Crippen LogP contribution in [-0.2, 0) is 21.6 Å². The van der Waals surface area contributed by atoms with Crippen molar-refractivity contribution < 1.29 is 18.7 Å². The molecule has 3 aromatic carbocycles. The maximum atomic E-state index is 13.2. The Morgan fingerprint density at radius 3 is 2.29 bits per heavy atom. The molecule has 6 nitrogen and oxygen atoms in total. The van der Waals surface area contributed by atoms with Crippen LogP contribution in [0, 0.1) is 5.82 Å². The molecule has 0 radical (unpaired) electrons. The number of piperidine rings is 1. The minimum Gasteiger partial charge on any atom is -0.438 e. The first-order chi connectivity index (χ1) is 18.5. The van der Waals surface area contributed by atoms with Gasteiger partial charge in [0.05, 0.1) is 5.69 Å². The number of anilines is 1. The fourth-order valence-electron chi connectivity index (χ4n) is 4.73. The van der Waals surface area contributed by atoms with Crippen LogP contribution in [0.1, 0.15) is 30.4 Å². The van der Waals surface area contributed by atoms with E-state index in [4.69, 9.17) is 4.74 Å². The van der Waals surface area contributed by atoms with E-state index < -0.39 is 11.7 Å². The maximum absolute atomic E-state index is 13.2. The maximum Gasteiger partial charge on any atom is 0.414 e.